The molecule has 0 saturated carbocycles. The van der Waals surface area contributed by atoms with Crippen molar-refractivity contribution in [3.63, 3.8) is 0 Å². The molecule has 0 aliphatic rings. The van der Waals surface area contributed by atoms with Gasteiger partial charge in [-0.2, -0.15) is 13.2 Å². The Balaban J connectivity index is 2.50. The van der Waals surface area contributed by atoms with Crippen molar-refractivity contribution in [1.29, 1.82) is 0 Å². The number of hydrogen-bond donors (Lipinski definition) is 1. The van der Waals surface area contributed by atoms with Crippen LogP contribution in [0.4, 0.5) is 23.7 Å². The zero-order valence-corrected chi connectivity index (χ0v) is 11.4. The number of benzene rings is 1. The Bertz CT molecular complexity index is 438. The Morgan fingerprint density at radius 3 is 2.55 bits per heavy atom. The van der Waals surface area contributed by atoms with Gasteiger partial charge in [0.25, 0.3) is 0 Å². The van der Waals surface area contributed by atoms with E-state index in [-0.39, 0.29) is 12.3 Å². The van der Waals surface area contributed by atoms with Crippen molar-refractivity contribution in [3.05, 3.63) is 29.8 Å². The third kappa shape index (κ3) is 5.69. The van der Waals surface area contributed by atoms with E-state index >= 15 is 0 Å². The van der Waals surface area contributed by atoms with E-state index in [9.17, 15) is 18.0 Å². The molecule has 1 aromatic rings. The topological polar surface area (TPSA) is 38.3 Å². The highest BCUT2D eigenvalue weighted by molar-refractivity contribution is 6.17. The van der Waals surface area contributed by atoms with Crippen molar-refractivity contribution in [2.45, 2.75) is 25.4 Å². The van der Waals surface area contributed by atoms with Crippen LogP contribution in [0.2, 0.25) is 0 Å². The molecule has 1 N–H and O–H groups in total. The zero-order chi connectivity index (χ0) is 15.0. The molecular formula is C13H15ClF3NO2. The molecule has 0 atom stereocenters. The highest BCUT2D eigenvalue weighted by Gasteiger charge is 2.33. The van der Waals surface area contributed by atoms with Gasteiger partial charge in [0.05, 0.1) is 17.9 Å². The number of para-hydroxylation sites is 1. The summed E-state index contributed by atoms with van der Waals surface area (Å²) >= 11 is 5.48. The van der Waals surface area contributed by atoms with E-state index in [4.69, 9.17) is 16.3 Å². The van der Waals surface area contributed by atoms with Crippen LogP contribution in [0.3, 0.4) is 0 Å². The third-order valence-electron chi connectivity index (χ3n) is 2.48. The molecule has 0 unspecified atom stereocenters. The van der Waals surface area contributed by atoms with Crippen LogP contribution in [-0.4, -0.2) is 18.6 Å². The van der Waals surface area contributed by atoms with E-state index < -0.39 is 17.8 Å². The second-order valence-corrected chi connectivity index (χ2v) is 4.43. The van der Waals surface area contributed by atoms with Crippen molar-refractivity contribution in [2.24, 2.45) is 0 Å². The first kappa shape index (κ1) is 16.6. The maximum absolute atomic E-state index is 12.7. The fraction of sp³-hybridized carbons (Fsp3) is 0.462. The van der Waals surface area contributed by atoms with Crippen molar-refractivity contribution in [2.75, 3.05) is 17.8 Å². The summed E-state index contributed by atoms with van der Waals surface area (Å²) in [5.74, 6) is 0.533. The predicted octanol–water partition coefficient (Wildman–Crippen LogP) is 4.66. The molecule has 0 fully saturated rings. The van der Waals surface area contributed by atoms with Gasteiger partial charge in [0.2, 0.25) is 0 Å². The molecule has 112 valence electrons. The van der Waals surface area contributed by atoms with Crippen LogP contribution in [0.25, 0.3) is 0 Å². The van der Waals surface area contributed by atoms with Gasteiger partial charge in [-0.15, -0.1) is 11.6 Å². The van der Waals surface area contributed by atoms with E-state index in [1.54, 1.807) is 0 Å². The van der Waals surface area contributed by atoms with Gasteiger partial charge < -0.3 is 4.74 Å². The molecule has 1 amide bonds. The standard InChI is InChI=1S/C13H15ClF3NO2/c14-8-4-1-5-9-20-12(19)18-11-7-3-2-6-10(11)13(15,16)17/h2-3,6-7H,1,4-5,8-9H2,(H,18,19). The fourth-order valence-electron chi connectivity index (χ4n) is 1.52. The van der Waals surface area contributed by atoms with Crippen LogP contribution in [0.5, 0.6) is 0 Å². The maximum atomic E-state index is 12.7. The summed E-state index contributed by atoms with van der Waals surface area (Å²) in [5, 5.41) is 2.10. The Morgan fingerprint density at radius 1 is 1.20 bits per heavy atom. The van der Waals surface area contributed by atoms with Crippen molar-refractivity contribution in [1.82, 2.24) is 0 Å². The highest BCUT2D eigenvalue weighted by Crippen LogP contribution is 2.34. The van der Waals surface area contributed by atoms with E-state index in [1.807, 2.05) is 0 Å². The number of unbranched alkanes of at least 4 members (excludes halogenated alkanes) is 2. The Kier molecular flexibility index (Phi) is 6.64. The average molecular weight is 310 g/mol. The summed E-state index contributed by atoms with van der Waals surface area (Å²) in [7, 11) is 0. The molecule has 20 heavy (non-hydrogen) atoms. The minimum Gasteiger partial charge on any atom is -0.449 e. The summed E-state index contributed by atoms with van der Waals surface area (Å²) in [5.41, 5.74) is -1.22. The Morgan fingerprint density at radius 2 is 1.90 bits per heavy atom. The van der Waals surface area contributed by atoms with Crippen molar-refractivity contribution in [3.8, 4) is 0 Å². The molecular weight excluding hydrogens is 295 g/mol. The van der Waals surface area contributed by atoms with E-state index in [0.717, 1.165) is 18.9 Å². The molecule has 0 aliphatic heterocycles. The number of rotatable bonds is 6. The summed E-state index contributed by atoms with van der Waals surface area (Å²) < 4.78 is 42.9. The Hall–Kier alpha value is -1.43. The van der Waals surface area contributed by atoms with Gasteiger partial charge >= 0.3 is 12.3 Å². The predicted molar refractivity (Wildman–Crippen MR) is 71.0 cm³/mol. The lowest BCUT2D eigenvalue weighted by Gasteiger charge is -2.13. The van der Waals surface area contributed by atoms with Crippen LogP contribution in [0.15, 0.2) is 24.3 Å². The molecule has 0 aliphatic carbocycles. The first-order valence-electron chi connectivity index (χ1n) is 6.11. The first-order valence-corrected chi connectivity index (χ1v) is 6.64. The minimum absolute atomic E-state index is 0.150. The van der Waals surface area contributed by atoms with Crippen LogP contribution in [-0.2, 0) is 10.9 Å². The summed E-state index contributed by atoms with van der Waals surface area (Å²) in [4.78, 5) is 11.4. The number of amides is 1. The summed E-state index contributed by atoms with van der Waals surface area (Å²) in [6.07, 6.45) is -3.18. The number of carbonyl (C=O) groups excluding carboxylic acids is 1. The van der Waals surface area contributed by atoms with Crippen LogP contribution in [0, 0.1) is 0 Å². The highest BCUT2D eigenvalue weighted by atomic mass is 35.5. The van der Waals surface area contributed by atoms with E-state index in [1.165, 1.54) is 18.2 Å². The summed E-state index contributed by atoms with van der Waals surface area (Å²) in [6, 6.07) is 4.74. The van der Waals surface area contributed by atoms with Gasteiger partial charge in [-0.3, -0.25) is 5.32 Å². The molecule has 1 aromatic carbocycles. The lowest BCUT2D eigenvalue weighted by molar-refractivity contribution is -0.136. The smallest absolute Gasteiger partial charge is 0.418 e. The molecule has 3 nitrogen and oxygen atoms in total. The largest absolute Gasteiger partial charge is 0.449 e. The lowest BCUT2D eigenvalue weighted by atomic mass is 10.2. The molecule has 0 radical (unpaired) electrons. The zero-order valence-electron chi connectivity index (χ0n) is 10.7. The molecule has 0 aromatic heterocycles. The van der Waals surface area contributed by atoms with Gasteiger partial charge in [0.1, 0.15) is 0 Å². The summed E-state index contributed by atoms with van der Waals surface area (Å²) in [6.45, 7) is 0.150. The van der Waals surface area contributed by atoms with Crippen molar-refractivity contribution >= 4 is 23.4 Å². The third-order valence-corrected chi connectivity index (χ3v) is 2.75. The van der Waals surface area contributed by atoms with Gasteiger partial charge in [0, 0.05) is 5.88 Å². The van der Waals surface area contributed by atoms with Gasteiger partial charge in [-0.1, -0.05) is 12.1 Å². The molecule has 0 heterocycles. The first-order chi connectivity index (χ1) is 9.45. The monoisotopic (exact) mass is 309 g/mol. The van der Waals surface area contributed by atoms with Gasteiger partial charge in [-0.05, 0) is 31.4 Å². The number of ether oxygens (including phenoxy) is 1. The Labute approximate surface area is 120 Å². The fourth-order valence-corrected chi connectivity index (χ4v) is 1.71. The van der Waals surface area contributed by atoms with Gasteiger partial charge in [-0.25, -0.2) is 4.79 Å². The average Bonchev–Trinajstić information content (AvgIpc) is 2.38. The molecule has 0 spiro atoms. The molecule has 0 bridgehead atoms. The normalized spacial score (nSPS) is 11.2. The number of nitrogens with one attached hydrogen (secondary N) is 1. The minimum atomic E-state index is -4.52. The quantitative estimate of drug-likeness (QED) is 0.613. The number of halogens is 4. The number of alkyl halides is 4. The SMILES string of the molecule is O=C(Nc1ccccc1C(F)(F)F)OCCCCCCl. The maximum Gasteiger partial charge on any atom is 0.418 e. The van der Waals surface area contributed by atoms with Crippen LogP contribution in [0.1, 0.15) is 24.8 Å². The second-order valence-electron chi connectivity index (χ2n) is 4.05. The van der Waals surface area contributed by atoms with Crippen LogP contribution >= 0.6 is 11.6 Å². The number of carbonyl (C=O) groups is 1. The number of hydrogen-bond acceptors (Lipinski definition) is 2. The van der Waals surface area contributed by atoms with Crippen molar-refractivity contribution < 1.29 is 22.7 Å². The van der Waals surface area contributed by atoms with Crippen LogP contribution < -0.4 is 5.32 Å². The van der Waals surface area contributed by atoms with E-state index in [2.05, 4.69) is 5.32 Å². The number of anilines is 1. The molecule has 1 rings (SSSR count). The molecule has 0 saturated heterocycles. The second kappa shape index (κ2) is 7.99. The molecule has 7 heteroatoms. The lowest BCUT2D eigenvalue weighted by Crippen LogP contribution is -2.18. The van der Waals surface area contributed by atoms with Gasteiger partial charge in [0.15, 0.2) is 0 Å². The van der Waals surface area contributed by atoms with E-state index in [0.29, 0.717) is 12.3 Å².